The first-order valence-electron chi connectivity index (χ1n) is 7.27. The molecular formula is C14H28N2O. The lowest BCUT2D eigenvalue weighted by atomic mass is 9.99. The van der Waals surface area contributed by atoms with Crippen LogP contribution in [0.4, 0.5) is 0 Å². The Morgan fingerprint density at radius 2 is 2.00 bits per heavy atom. The number of hydrogen-bond acceptors (Lipinski definition) is 2. The van der Waals surface area contributed by atoms with E-state index in [9.17, 15) is 4.79 Å². The molecule has 2 N–H and O–H groups in total. The third kappa shape index (κ3) is 6.06. The number of piperidine rings is 1. The van der Waals surface area contributed by atoms with Crippen LogP contribution in [0.25, 0.3) is 0 Å². The van der Waals surface area contributed by atoms with Gasteiger partial charge in [0.05, 0.1) is 6.04 Å². The number of hydrogen-bond donors (Lipinski definition) is 2. The fraction of sp³-hybridized carbons (Fsp3) is 0.929. The number of amides is 1. The van der Waals surface area contributed by atoms with Crippen LogP contribution >= 0.6 is 0 Å². The average molecular weight is 240 g/mol. The molecule has 0 saturated carbocycles. The van der Waals surface area contributed by atoms with Crippen LogP contribution in [0.15, 0.2) is 0 Å². The minimum Gasteiger partial charge on any atom is -0.355 e. The molecule has 1 heterocycles. The highest BCUT2D eigenvalue weighted by Crippen LogP contribution is 2.12. The summed E-state index contributed by atoms with van der Waals surface area (Å²) < 4.78 is 0. The van der Waals surface area contributed by atoms with Crippen LogP contribution in [0.2, 0.25) is 0 Å². The molecule has 0 radical (unpaired) electrons. The lowest BCUT2D eigenvalue weighted by Crippen LogP contribution is -2.50. The maximum absolute atomic E-state index is 11.9. The van der Waals surface area contributed by atoms with E-state index in [0.29, 0.717) is 6.04 Å². The van der Waals surface area contributed by atoms with E-state index in [1.165, 1.54) is 38.5 Å². The molecule has 2 unspecified atom stereocenters. The normalized spacial score (nSPS) is 24.6. The minimum absolute atomic E-state index is 0.0504. The van der Waals surface area contributed by atoms with Crippen LogP contribution in [0, 0.1) is 0 Å². The molecule has 0 aliphatic carbocycles. The molecule has 2 atom stereocenters. The first-order chi connectivity index (χ1) is 8.24. The first-order valence-corrected chi connectivity index (χ1v) is 7.27. The Labute approximate surface area is 106 Å². The van der Waals surface area contributed by atoms with Gasteiger partial charge in [0, 0.05) is 12.6 Å². The number of rotatable bonds is 7. The fourth-order valence-electron chi connectivity index (χ4n) is 2.41. The van der Waals surface area contributed by atoms with Crippen molar-refractivity contribution in [1.82, 2.24) is 10.6 Å². The van der Waals surface area contributed by atoms with Gasteiger partial charge in [-0.05, 0) is 32.6 Å². The second-order valence-corrected chi connectivity index (χ2v) is 5.26. The summed E-state index contributed by atoms with van der Waals surface area (Å²) in [7, 11) is 0. The van der Waals surface area contributed by atoms with Gasteiger partial charge >= 0.3 is 0 Å². The zero-order valence-corrected chi connectivity index (χ0v) is 11.4. The van der Waals surface area contributed by atoms with Crippen LogP contribution < -0.4 is 10.6 Å². The van der Waals surface area contributed by atoms with Gasteiger partial charge < -0.3 is 10.6 Å². The van der Waals surface area contributed by atoms with Crippen LogP contribution in [-0.4, -0.2) is 24.5 Å². The Morgan fingerprint density at radius 1 is 1.24 bits per heavy atom. The SMILES string of the molecule is CCCCCCCNC(=O)C1CCCC(C)N1. The quantitative estimate of drug-likeness (QED) is 0.672. The molecule has 17 heavy (non-hydrogen) atoms. The van der Waals surface area contributed by atoms with E-state index in [-0.39, 0.29) is 11.9 Å². The molecular weight excluding hydrogens is 212 g/mol. The summed E-state index contributed by atoms with van der Waals surface area (Å²) in [6.07, 6.45) is 9.60. The lowest BCUT2D eigenvalue weighted by molar-refractivity contribution is -0.123. The maximum Gasteiger partial charge on any atom is 0.237 e. The number of nitrogens with one attached hydrogen (secondary N) is 2. The molecule has 1 amide bonds. The highest BCUT2D eigenvalue weighted by Gasteiger charge is 2.23. The van der Waals surface area contributed by atoms with Crippen molar-refractivity contribution in [2.45, 2.75) is 77.3 Å². The van der Waals surface area contributed by atoms with E-state index in [0.717, 1.165) is 19.4 Å². The van der Waals surface area contributed by atoms with Crippen LogP contribution in [0.1, 0.15) is 65.2 Å². The molecule has 0 bridgehead atoms. The maximum atomic E-state index is 11.9. The van der Waals surface area contributed by atoms with Gasteiger partial charge in [-0.15, -0.1) is 0 Å². The minimum atomic E-state index is 0.0504. The Hall–Kier alpha value is -0.570. The van der Waals surface area contributed by atoms with E-state index in [2.05, 4.69) is 24.5 Å². The van der Waals surface area contributed by atoms with Gasteiger partial charge in [-0.2, -0.15) is 0 Å². The van der Waals surface area contributed by atoms with E-state index < -0.39 is 0 Å². The summed E-state index contributed by atoms with van der Waals surface area (Å²) in [5.41, 5.74) is 0. The van der Waals surface area contributed by atoms with E-state index in [1.807, 2.05) is 0 Å². The van der Waals surface area contributed by atoms with Gasteiger partial charge in [-0.3, -0.25) is 4.79 Å². The topological polar surface area (TPSA) is 41.1 Å². The van der Waals surface area contributed by atoms with Gasteiger partial charge in [0.1, 0.15) is 0 Å². The zero-order valence-electron chi connectivity index (χ0n) is 11.4. The fourth-order valence-corrected chi connectivity index (χ4v) is 2.41. The second kappa shape index (κ2) is 8.51. The van der Waals surface area contributed by atoms with Crippen molar-refractivity contribution in [3.63, 3.8) is 0 Å². The molecule has 1 rings (SSSR count). The molecule has 3 nitrogen and oxygen atoms in total. The standard InChI is InChI=1S/C14H28N2O/c1-3-4-5-6-7-11-15-14(17)13-10-8-9-12(2)16-13/h12-13,16H,3-11H2,1-2H3,(H,15,17). The van der Waals surface area contributed by atoms with E-state index in [4.69, 9.17) is 0 Å². The molecule has 100 valence electrons. The van der Waals surface area contributed by atoms with Gasteiger partial charge in [0.25, 0.3) is 0 Å². The van der Waals surface area contributed by atoms with Gasteiger partial charge in [0.15, 0.2) is 0 Å². The molecule has 3 heteroatoms. The molecule has 0 spiro atoms. The van der Waals surface area contributed by atoms with Crippen molar-refractivity contribution in [2.75, 3.05) is 6.54 Å². The van der Waals surface area contributed by atoms with Crippen molar-refractivity contribution in [3.8, 4) is 0 Å². The largest absolute Gasteiger partial charge is 0.355 e. The van der Waals surface area contributed by atoms with E-state index in [1.54, 1.807) is 0 Å². The van der Waals surface area contributed by atoms with Crippen molar-refractivity contribution in [1.29, 1.82) is 0 Å². The summed E-state index contributed by atoms with van der Waals surface area (Å²) in [6, 6.07) is 0.540. The molecule has 0 aromatic rings. The third-order valence-electron chi connectivity index (χ3n) is 3.51. The van der Waals surface area contributed by atoms with Gasteiger partial charge in [-0.1, -0.05) is 32.6 Å². The average Bonchev–Trinajstić information content (AvgIpc) is 2.33. The molecule has 0 aromatic carbocycles. The van der Waals surface area contributed by atoms with Crippen molar-refractivity contribution in [3.05, 3.63) is 0 Å². The van der Waals surface area contributed by atoms with Crippen molar-refractivity contribution < 1.29 is 4.79 Å². The molecule has 1 aliphatic rings. The monoisotopic (exact) mass is 240 g/mol. The number of carbonyl (C=O) groups excluding carboxylic acids is 1. The molecule has 1 aliphatic heterocycles. The summed E-state index contributed by atoms with van der Waals surface area (Å²) in [5, 5.41) is 6.41. The predicted molar refractivity (Wildman–Crippen MR) is 72.0 cm³/mol. The highest BCUT2D eigenvalue weighted by atomic mass is 16.2. The highest BCUT2D eigenvalue weighted by molar-refractivity contribution is 5.81. The summed E-state index contributed by atoms with van der Waals surface area (Å²) in [4.78, 5) is 11.9. The van der Waals surface area contributed by atoms with E-state index >= 15 is 0 Å². The Bertz CT molecular complexity index is 218. The Kier molecular flexibility index (Phi) is 7.25. The Morgan fingerprint density at radius 3 is 2.71 bits per heavy atom. The number of carbonyl (C=O) groups is 1. The molecule has 1 fully saturated rings. The smallest absolute Gasteiger partial charge is 0.237 e. The van der Waals surface area contributed by atoms with Gasteiger partial charge in [-0.25, -0.2) is 0 Å². The lowest BCUT2D eigenvalue weighted by Gasteiger charge is -2.27. The van der Waals surface area contributed by atoms with Crippen molar-refractivity contribution in [2.24, 2.45) is 0 Å². The van der Waals surface area contributed by atoms with Crippen LogP contribution in [-0.2, 0) is 4.79 Å². The zero-order chi connectivity index (χ0) is 12.5. The summed E-state index contributed by atoms with van der Waals surface area (Å²) in [6.45, 7) is 5.22. The van der Waals surface area contributed by atoms with Crippen LogP contribution in [0.5, 0.6) is 0 Å². The molecule has 0 aromatic heterocycles. The summed E-state index contributed by atoms with van der Waals surface area (Å²) in [5.74, 6) is 0.201. The first kappa shape index (κ1) is 14.5. The molecule has 1 saturated heterocycles. The summed E-state index contributed by atoms with van der Waals surface area (Å²) >= 11 is 0. The third-order valence-corrected chi connectivity index (χ3v) is 3.51. The number of unbranched alkanes of at least 4 members (excludes halogenated alkanes) is 4. The second-order valence-electron chi connectivity index (χ2n) is 5.26. The van der Waals surface area contributed by atoms with Crippen molar-refractivity contribution >= 4 is 5.91 Å². The Balaban J connectivity index is 2.04. The predicted octanol–water partition coefficient (Wildman–Crippen LogP) is 2.60. The van der Waals surface area contributed by atoms with Crippen LogP contribution in [0.3, 0.4) is 0 Å². The van der Waals surface area contributed by atoms with Gasteiger partial charge in [0.2, 0.25) is 5.91 Å².